The molecule has 0 unspecified atom stereocenters. The number of benzene rings is 1. The van der Waals surface area contributed by atoms with Crippen LogP contribution in [-0.4, -0.2) is 23.3 Å². The predicted molar refractivity (Wildman–Crippen MR) is 72.6 cm³/mol. The van der Waals surface area contributed by atoms with Gasteiger partial charge in [-0.1, -0.05) is 6.07 Å². The number of hydrogen-bond donors (Lipinski definition) is 2. The molecule has 1 aromatic heterocycles. The predicted octanol–water partition coefficient (Wildman–Crippen LogP) is 3.16. The maximum Gasteiger partial charge on any atom is 0.409 e. The van der Waals surface area contributed by atoms with Gasteiger partial charge in [0.2, 0.25) is 0 Å². The third kappa shape index (κ3) is 3.01. The highest BCUT2D eigenvalue weighted by molar-refractivity contribution is 5.90. The van der Waals surface area contributed by atoms with Crippen molar-refractivity contribution in [1.82, 2.24) is 4.98 Å². The summed E-state index contributed by atoms with van der Waals surface area (Å²) in [6.07, 6.45) is 0.617. The summed E-state index contributed by atoms with van der Waals surface area (Å²) in [7, 11) is 1.53. The van der Waals surface area contributed by atoms with Crippen LogP contribution in [0.1, 0.15) is 5.56 Å². The highest BCUT2D eigenvalue weighted by Gasteiger charge is 2.10. The van der Waals surface area contributed by atoms with Gasteiger partial charge in [-0.15, -0.1) is 0 Å². The second-order valence-electron chi connectivity index (χ2n) is 4.06. The number of pyridine rings is 1. The molecule has 5 nitrogen and oxygen atoms in total. The molecule has 1 heterocycles. The fourth-order valence-electron chi connectivity index (χ4n) is 1.72. The van der Waals surface area contributed by atoms with E-state index in [9.17, 15) is 4.79 Å². The second-order valence-corrected chi connectivity index (χ2v) is 4.06. The van der Waals surface area contributed by atoms with Crippen molar-refractivity contribution in [3.05, 3.63) is 42.1 Å². The first-order chi connectivity index (χ1) is 9.10. The van der Waals surface area contributed by atoms with Crippen LogP contribution in [0.25, 0.3) is 11.3 Å². The lowest BCUT2D eigenvalue weighted by Gasteiger charge is -2.10. The van der Waals surface area contributed by atoms with E-state index in [1.54, 1.807) is 24.4 Å². The van der Waals surface area contributed by atoms with Gasteiger partial charge in [0.1, 0.15) is 5.75 Å². The summed E-state index contributed by atoms with van der Waals surface area (Å²) in [6.45, 7) is 1.95. The van der Waals surface area contributed by atoms with Gasteiger partial charge >= 0.3 is 6.09 Å². The zero-order valence-corrected chi connectivity index (χ0v) is 10.7. The van der Waals surface area contributed by atoms with Crippen LogP contribution in [0.5, 0.6) is 5.75 Å². The Hall–Kier alpha value is -2.56. The highest BCUT2D eigenvalue weighted by Crippen LogP contribution is 2.30. The molecule has 0 spiro atoms. The Morgan fingerprint density at radius 1 is 1.32 bits per heavy atom. The summed E-state index contributed by atoms with van der Waals surface area (Å²) in [4.78, 5) is 15.1. The minimum Gasteiger partial charge on any atom is -0.497 e. The molecule has 0 saturated carbocycles. The van der Waals surface area contributed by atoms with E-state index in [1.165, 1.54) is 7.11 Å². The van der Waals surface area contributed by atoms with Crippen molar-refractivity contribution in [3.8, 4) is 17.0 Å². The molecule has 0 aliphatic heterocycles. The number of ether oxygens (including phenoxy) is 1. The quantitative estimate of drug-likeness (QED) is 0.887. The van der Waals surface area contributed by atoms with Gasteiger partial charge in [0.25, 0.3) is 0 Å². The van der Waals surface area contributed by atoms with Crippen molar-refractivity contribution in [2.45, 2.75) is 6.92 Å². The van der Waals surface area contributed by atoms with Gasteiger partial charge in [-0.2, -0.15) is 0 Å². The van der Waals surface area contributed by atoms with Crippen LogP contribution in [0.2, 0.25) is 0 Å². The summed E-state index contributed by atoms with van der Waals surface area (Å²) >= 11 is 0. The van der Waals surface area contributed by atoms with E-state index in [2.05, 4.69) is 10.3 Å². The summed E-state index contributed by atoms with van der Waals surface area (Å²) < 4.78 is 5.09. The molecule has 0 fully saturated rings. The van der Waals surface area contributed by atoms with Crippen LogP contribution < -0.4 is 10.1 Å². The number of carbonyl (C=O) groups is 1. The molecular formula is C14H14N2O3. The number of anilines is 1. The Kier molecular flexibility index (Phi) is 3.66. The molecule has 0 bridgehead atoms. The maximum atomic E-state index is 10.8. The molecule has 98 valence electrons. The van der Waals surface area contributed by atoms with Crippen LogP contribution in [0.15, 0.2) is 36.5 Å². The van der Waals surface area contributed by atoms with E-state index in [0.717, 1.165) is 5.56 Å². The van der Waals surface area contributed by atoms with Crippen molar-refractivity contribution in [2.24, 2.45) is 0 Å². The Labute approximate surface area is 110 Å². The van der Waals surface area contributed by atoms with E-state index in [1.807, 2.05) is 19.1 Å². The molecule has 0 aliphatic carbocycles. The standard InChI is InChI=1S/C14H14N2O3/c1-9-3-6-12(15-8-9)11-5-4-10(19-2)7-13(11)16-14(17)18/h3-8,16H,1-2H3,(H,17,18). The maximum absolute atomic E-state index is 10.8. The molecule has 0 atom stereocenters. The first kappa shape index (κ1) is 12.9. The van der Waals surface area contributed by atoms with Crippen molar-refractivity contribution >= 4 is 11.8 Å². The third-order valence-corrected chi connectivity index (χ3v) is 2.66. The normalized spacial score (nSPS) is 10.0. The van der Waals surface area contributed by atoms with E-state index in [-0.39, 0.29) is 0 Å². The smallest absolute Gasteiger partial charge is 0.409 e. The van der Waals surface area contributed by atoms with Crippen LogP contribution in [0.4, 0.5) is 10.5 Å². The number of nitrogens with zero attached hydrogens (tertiary/aromatic N) is 1. The van der Waals surface area contributed by atoms with Gasteiger partial charge in [0, 0.05) is 17.8 Å². The number of rotatable bonds is 3. The van der Waals surface area contributed by atoms with Crippen LogP contribution in [-0.2, 0) is 0 Å². The van der Waals surface area contributed by atoms with E-state index in [4.69, 9.17) is 9.84 Å². The molecule has 2 aromatic rings. The molecule has 1 aromatic carbocycles. The van der Waals surface area contributed by atoms with Gasteiger partial charge < -0.3 is 9.84 Å². The molecule has 0 aliphatic rings. The fourth-order valence-corrected chi connectivity index (χ4v) is 1.72. The molecule has 2 N–H and O–H groups in total. The van der Waals surface area contributed by atoms with Crippen molar-refractivity contribution in [1.29, 1.82) is 0 Å². The molecule has 0 saturated heterocycles. The van der Waals surface area contributed by atoms with E-state index >= 15 is 0 Å². The molecular weight excluding hydrogens is 244 g/mol. The lowest BCUT2D eigenvalue weighted by molar-refractivity contribution is 0.210. The van der Waals surface area contributed by atoms with E-state index < -0.39 is 6.09 Å². The van der Waals surface area contributed by atoms with Crippen molar-refractivity contribution in [3.63, 3.8) is 0 Å². The number of carboxylic acid groups (broad SMARTS) is 1. The molecule has 19 heavy (non-hydrogen) atoms. The third-order valence-electron chi connectivity index (χ3n) is 2.66. The van der Waals surface area contributed by atoms with Gasteiger partial charge in [-0.05, 0) is 30.7 Å². The zero-order chi connectivity index (χ0) is 13.8. The lowest BCUT2D eigenvalue weighted by atomic mass is 10.1. The first-order valence-corrected chi connectivity index (χ1v) is 5.71. The summed E-state index contributed by atoms with van der Waals surface area (Å²) in [6, 6.07) is 8.96. The Bertz CT molecular complexity index is 594. The highest BCUT2D eigenvalue weighted by atomic mass is 16.5. The minimum absolute atomic E-state index is 0.447. The summed E-state index contributed by atoms with van der Waals surface area (Å²) in [5, 5.41) is 11.2. The number of aryl methyl sites for hydroxylation is 1. The first-order valence-electron chi connectivity index (χ1n) is 5.71. The summed E-state index contributed by atoms with van der Waals surface area (Å²) in [5.41, 5.74) is 2.91. The number of amides is 1. The minimum atomic E-state index is -1.12. The monoisotopic (exact) mass is 258 g/mol. The lowest BCUT2D eigenvalue weighted by Crippen LogP contribution is -2.08. The van der Waals surface area contributed by atoms with Crippen molar-refractivity contribution < 1.29 is 14.6 Å². The second kappa shape index (κ2) is 5.39. The van der Waals surface area contributed by atoms with Crippen molar-refractivity contribution in [2.75, 3.05) is 12.4 Å². The number of hydrogen-bond acceptors (Lipinski definition) is 3. The summed E-state index contributed by atoms with van der Waals surface area (Å²) in [5.74, 6) is 0.583. The van der Waals surface area contributed by atoms with Crippen LogP contribution in [0, 0.1) is 6.92 Å². The SMILES string of the molecule is COc1ccc(-c2ccc(C)cn2)c(NC(=O)O)c1. The van der Waals surface area contributed by atoms with Gasteiger partial charge in [0.05, 0.1) is 18.5 Å². The molecule has 5 heteroatoms. The molecule has 0 radical (unpaired) electrons. The van der Waals surface area contributed by atoms with Crippen LogP contribution >= 0.6 is 0 Å². The van der Waals surface area contributed by atoms with Gasteiger partial charge in [0.15, 0.2) is 0 Å². The number of methoxy groups -OCH3 is 1. The van der Waals surface area contributed by atoms with E-state index in [0.29, 0.717) is 22.7 Å². The van der Waals surface area contributed by atoms with Gasteiger partial charge in [-0.25, -0.2) is 4.79 Å². The average molecular weight is 258 g/mol. The topological polar surface area (TPSA) is 71.5 Å². The number of aromatic nitrogens is 1. The number of nitrogens with one attached hydrogen (secondary N) is 1. The molecule has 2 rings (SSSR count). The average Bonchev–Trinajstić information content (AvgIpc) is 2.39. The Morgan fingerprint density at radius 3 is 2.68 bits per heavy atom. The fraction of sp³-hybridized carbons (Fsp3) is 0.143. The Balaban J connectivity index is 2.48. The van der Waals surface area contributed by atoms with Crippen LogP contribution in [0.3, 0.4) is 0 Å². The largest absolute Gasteiger partial charge is 0.497 e. The molecule has 1 amide bonds. The zero-order valence-electron chi connectivity index (χ0n) is 10.7. The Morgan fingerprint density at radius 2 is 2.11 bits per heavy atom. The van der Waals surface area contributed by atoms with Gasteiger partial charge in [-0.3, -0.25) is 10.3 Å².